The standard InChI is InChI=1S/C22H25NO/c1-18-19(2)23(16-9-12-20-10-5-3-6-11-20)17-15-22(18,24)21-13-7-4-8-14-21/h3-8,10-11,13-14,18-19,24H,15-17H2,1-2H3. The van der Waals surface area contributed by atoms with Crippen LogP contribution in [-0.2, 0) is 5.60 Å². The Balaban J connectivity index is 1.69. The summed E-state index contributed by atoms with van der Waals surface area (Å²) in [6.45, 7) is 5.95. The molecule has 0 aliphatic carbocycles. The molecule has 2 aromatic carbocycles. The van der Waals surface area contributed by atoms with Gasteiger partial charge in [-0.1, -0.05) is 67.3 Å². The van der Waals surface area contributed by atoms with E-state index < -0.39 is 5.60 Å². The van der Waals surface area contributed by atoms with Gasteiger partial charge in [0, 0.05) is 24.1 Å². The molecule has 0 saturated carbocycles. The van der Waals surface area contributed by atoms with Gasteiger partial charge in [-0.25, -0.2) is 0 Å². The summed E-state index contributed by atoms with van der Waals surface area (Å²) in [7, 11) is 0. The minimum Gasteiger partial charge on any atom is -0.385 e. The molecule has 2 heteroatoms. The molecule has 1 heterocycles. The molecule has 1 N–H and O–H groups in total. The lowest BCUT2D eigenvalue weighted by Crippen LogP contribution is -2.54. The molecule has 124 valence electrons. The number of hydrogen-bond donors (Lipinski definition) is 1. The maximum absolute atomic E-state index is 11.2. The number of hydrogen-bond acceptors (Lipinski definition) is 2. The molecular weight excluding hydrogens is 294 g/mol. The van der Waals surface area contributed by atoms with Crippen LogP contribution in [0.2, 0.25) is 0 Å². The summed E-state index contributed by atoms with van der Waals surface area (Å²) in [5.41, 5.74) is 1.33. The normalized spacial score (nSPS) is 27.3. The number of rotatable bonds is 2. The van der Waals surface area contributed by atoms with Crippen molar-refractivity contribution in [3.63, 3.8) is 0 Å². The number of benzene rings is 2. The highest BCUT2D eigenvalue weighted by Crippen LogP contribution is 2.40. The van der Waals surface area contributed by atoms with Crippen LogP contribution in [0.3, 0.4) is 0 Å². The van der Waals surface area contributed by atoms with Gasteiger partial charge in [-0.3, -0.25) is 4.90 Å². The van der Waals surface area contributed by atoms with Crippen molar-refractivity contribution in [3.05, 3.63) is 71.8 Å². The topological polar surface area (TPSA) is 23.5 Å². The Hall–Kier alpha value is -2.08. The van der Waals surface area contributed by atoms with Crippen molar-refractivity contribution in [1.82, 2.24) is 4.90 Å². The second-order valence-corrected chi connectivity index (χ2v) is 6.71. The van der Waals surface area contributed by atoms with E-state index in [2.05, 4.69) is 30.6 Å². The van der Waals surface area contributed by atoms with Crippen LogP contribution >= 0.6 is 0 Å². The quantitative estimate of drug-likeness (QED) is 0.854. The molecule has 3 unspecified atom stereocenters. The molecule has 3 rings (SSSR count). The van der Waals surface area contributed by atoms with Gasteiger partial charge in [-0.05, 0) is 31.0 Å². The minimum absolute atomic E-state index is 0.159. The van der Waals surface area contributed by atoms with E-state index in [-0.39, 0.29) is 12.0 Å². The number of nitrogens with zero attached hydrogens (tertiary/aromatic N) is 1. The predicted octanol–water partition coefficient (Wildman–Crippen LogP) is 3.66. The van der Waals surface area contributed by atoms with Crippen LogP contribution in [0.4, 0.5) is 0 Å². The molecule has 1 aliphatic heterocycles. The first-order valence-electron chi connectivity index (χ1n) is 8.67. The second-order valence-electron chi connectivity index (χ2n) is 6.71. The van der Waals surface area contributed by atoms with E-state index in [0.717, 1.165) is 30.6 Å². The lowest BCUT2D eigenvalue weighted by Gasteiger charge is -2.47. The van der Waals surface area contributed by atoms with Crippen molar-refractivity contribution in [2.24, 2.45) is 5.92 Å². The fraction of sp³-hybridized carbons (Fsp3) is 0.364. The molecule has 1 aliphatic rings. The van der Waals surface area contributed by atoms with E-state index in [1.807, 2.05) is 60.7 Å². The molecule has 2 aromatic rings. The summed E-state index contributed by atoms with van der Waals surface area (Å²) < 4.78 is 0. The highest BCUT2D eigenvalue weighted by atomic mass is 16.3. The first-order valence-corrected chi connectivity index (χ1v) is 8.67. The zero-order valence-electron chi connectivity index (χ0n) is 14.4. The largest absolute Gasteiger partial charge is 0.385 e. The van der Waals surface area contributed by atoms with Gasteiger partial charge in [0.25, 0.3) is 0 Å². The summed E-state index contributed by atoms with van der Waals surface area (Å²) in [5.74, 6) is 6.67. The van der Waals surface area contributed by atoms with E-state index >= 15 is 0 Å². The average molecular weight is 319 g/mol. The molecule has 0 aromatic heterocycles. The third-order valence-electron chi connectivity index (χ3n) is 5.40. The molecule has 1 saturated heterocycles. The summed E-state index contributed by atoms with van der Waals surface area (Å²) in [5, 5.41) is 11.2. The molecule has 24 heavy (non-hydrogen) atoms. The van der Waals surface area contributed by atoms with Gasteiger partial charge in [-0.2, -0.15) is 0 Å². The fourth-order valence-electron chi connectivity index (χ4n) is 3.58. The summed E-state index contributed by atoms with van der Waals surface area (Å²) in [6, 6.07) is 20.4. The summed E-state index contributed by atoms with van der Waals surface area (Å²) >= 11 is 0. The van der Waals surface area contributed by atoms with E-state index in [1.165, 1.54) is 0 Å². The molecule has 0 amide bonds. The molecule has 0 bridgehead atoms. The van der Waals surface area contributed by atoms with Crippen molar-refractivity contribution >= 4 is 0 Å². The first-order chi connectivity index (χ1) is 11.6. The molecule has 1 fully saturated rings. The summed E-state index contributed by atoms with van der Waals surface area (Å²) in [4.78, 5) is 2.37. The van der Waals surface area contributed by atoms with Crippen LogP contribution < -0.4 is 0 Å². The van der Waals surface area contributed by atoms with E-state index in [1.54, 1.807) is 0 Å². The summed E-state index contributed by atoms with van der Waals surface area (Å²) in [6.07, 6.45) is 0.746. The fourth-order valence-corrected chi connectivity index (χ4v) is 3.58. The Morgan fingerprint density at radius 1 is 1.04 bits per heavy atom. The second kappa shape index (κ2) is 7.21. The molecule has 2 nitrogen and oxygen atoms in total. The van der Waals surface area contributed by atoms with Crippen molar-refractivity contribution in [1.29, 1.82) is 0 Å². The van der Waals surface area contributed by atoms with Gasteiger partial charge in [0.1, 0.15) is 0 Å². The Bertz CT molecular complexity index is 716. The molecular formula is C22H25NO. The highest BCUT2D eigenvalue weighted by molar-refractivity contribution is 5.34. The van der Waals surface area contributed by atoms with E-state index in [9.17, 15) is 5.11 Å². The van der Waals surface area contributed by atoms with Gasteiger partial charge in [-0.15, -0.1) is 0 Å². The highest BCUT2D eigenvalue weighted by Gasteiger charge is 2.43. The SMILES string of the molecule is CC1C(C)C(O)(c2ccccc2)CCN1CC#Cc1ccccc1. The predicted molar refractivity (Wildman–Crippen MR) is 98.5 cm³/mol. The Labute approximate surface area is 145 Å². The number of likely N-dealkylation sites (tertiary alicyclic amines) is 1. The molecule has 0 radical (unpaired) electrons. The van der Waals surface area contributed by atoms with Crippen LogP contribution in [0.15, 0.2) is 60.7 Å². The van der Waals surface area contributed by atoms with Crippen LogP contribution in [0.25, 0.3) is 0 Å². The van der Waals surface area contributed by atoms with Crippen LogP contribution in [0, 0.1) is 17.8 Å². The zero-order valence-corrected chi connectivity index (χ0v) is 14.4. The zero-order chi connectivity index (χ0) is 17.0. The smallest absolute Gasteiger partial charge is 0.0948 e. The van der Waals surface area contributed by atoms with Gasteiger partial charge < -0.3 is 5.11 Å². The van der Waals surface area contributed by atoms with Crippen LogP contribution in [-0.4, -0.2) is 29.1 Å². The molecule has 3 atom stereocenters. The van der Waals surface area contributed by atoms with Crippen molar-refractivity contribution < 1.29 is 5.11 Å². The van der Waals surface area contributed by atoms with Crippen molar-refractivity contribution in [2.45, 2.75) is 31.9 Å². The number of piperidine rings is 1. The lowest BCUT2D eigenvalue weighted by molar-refractivity contribution is -0.0925. The lowest BCUT2D eigenvalue weighted by atomic mass is 9.73. The van der Waals surface area contributed by atoms with Crippen LogP contribution in [0.1, 0.15) is 31.4 Å². The minimum atomic E-state index is -0.746. The van der Waals surface area contributed by atoms with Crippen LogP contribution in [0.5, 0.6) is 0 Å². The number of aliphatic hydroxyl groups is 1. The molecule has 0 spiro atoms. The van der Waals surface area contributed by atoms with E-state index in [4.69, 9.17) is 0 Å². The van der Waals surface area contributed by atoms with Gasteiger partial charge in [0.2, 0.25) is 0 Å². The maximum Gasteiger partial charge on any atom is 0.0948 e. The van der Waals surface area contributed by atoms with E-state index in [0.29, 0.717) is 0 Å². The third kappa shape index (κ3) is 3.38. The maximum atomic E-state index is 11.2. The van der Waals surface area contributed by atoms with Crippen molar-refractivity contribution in [2.75, 3.05) is 13.1 Å². The monoisotopic (exact) mass is 319 g/mol. The van der Waals surface area contributed by atoms with Gasteiger partial charge in [0.05, 0.1) is 12.1 Å². The van der Waals surface area contributed by atoms with Gasteiger partial charge in [0.15, 0.2) is 0 Å². The van der Waals surface area contributed by atoms with Gasteiger partial charge >= 0.3 is 0 Å². The Morgan fingerprint density at radius 3 is 2.33 bits per heavy atom. The Morgan fingerprint density at radius 2 is 1.67 bits per heavy atom. The average Bonchev–Trinajstić information content (AvgIpc) is 2.63. The first kappa shape index (κ1) is 16.8. The third-order valence-corrected chi connectivity index (χ3v) is 5.40. The Kier molecular flexibility index (Phi) is 5.04. The van der Waals surface area contributed by atoms with Crippen molar-refractivity contribution in [3.8, 4) is 11.8 Å².